The maximum absolute atomic E-state index is 4.06. The van der Waals surface area contributed by atoms with Gasteiger partial charge in [-0.25, -0.2) is 0 Å². The summed E-state index contributed by atoms with van der Waals surface area (Å²) in [5.41, 5.74) is 4.05. The Bertz CT molecular complexity index is 381. The SMILES string of the molecule is C=C(CCC)NC(C)c1ccc(C(C)(C)C)cc1. The molecule has 1 aromatic rings. The average Bonchev–Trinajstić information content (AvgIpc) is 2.28. The van der Waals surface area contributed by atoms with Crippen molar-refractivity contribution in [1.29, 1.82) is 0 Å². The minimum Gasteiger partial charge on any atom is -0.382 e. The van der Waals surface area contributed by atoms with Crippen LogP contribution in [0.15, 0.2) is 36.5 Å². The van der Waals surface area contributed by atoms with Crippen LogP contribution in [-0.2, 0) is 5.41 Å². The van der Waals surface area contributed by atoms with Crippen LogP contribution in [-0.4, -0.2) is 0 Å². The smallest absolute Gasteiger partial charge is 0.0482 e. The van der Waals surface area contributed by atoms with Gasteiger partial charge in [0, 0.05) is 11.7 Å². The van der Waals surface area contributed by atoms with E-state index in [-0.39, 0.29) is 5.41 Å². The first-order valence-corrected chi connectivity index (χ1v) is 6.89. The van der Waals surface area contributed by atoms with Crippen LogP contribution in [0.25, 0.3) is 0 Å². The Balaban J connectivity index is 2.70. The van der Waals surface area contributed by atoms with Gasteiger partial charge in [0.25, 0.3) is 0 Å². The summed E-state index contributed by atoms with van der Waals surface area (Å²) in [6, 6.07) is 9.24. The van der Waals surface area contributed by atoms with Gasteiger partial charge in [0.1, 0.15) is 0 Å². The van der Waals surface area contributed by atoms with Crippen molar-refractivity contribution in [2.45, 2.75) is 58.9 Å². The Morgan fingerprint density at radius 3 is 2.22 bits per heavy atom. The Morgan fingerprint density at radius 2 is 1.78 bits per heavy atom. The van der Waals surface area contributed by atoms with Crippen LogP contribution in [0.4, 0.5) is 0 Å². The Hall–Kier alpha value is -1.24. The standard InChI is InChI=1S/C17H27N/c1-7-8-13(2)18-14(3)15-9-11-16(12-10-15)17(4,5)6/h9-12,14,18H,2,7-8H2,1,3-6H3. The zero-order valence-corrected chi connectivity index (χ0v) is 12.5. The number of rotatable bonds is 5. The minimum atomic E-state index is 0.223. The molecule has 1 heteroatoms. The summed E-state index contributed by atoms with van der Waals surface area (Å²) in [5, 5.41) is 3.46. The molecule has 0 aliphatic heterocycles. The van der Waals surface area contributed by atoms with Gasteiger partial charge in [-0.1, -0.05) is 65.0 Å². The van der Waals surface area contributed by atoms with Gasteiger partial charge in [-0.05, 0) is 29.9 Å². The van der Waals surface area contributed by atoms with Crippen molar-refractivity contribution in [3.8, 4) is 0 Å². The van der Waals surface area contributed by atoms with Crippen LogP contribution >= 0.6 is 0 Å². The molecule has 1 atom stereocenters. The molecule has 0 radical (unpaired) electrons. The predicted molar refractivity (Wildman–Crippen MR) is 80.7 cm³/mol. The fourth-order valence-corrected chi connectivity index (χ4v) is 2.04. The van der Waals surface area contributed by atoms with Crippen LogP contribution in [0.3, 0.4) is 0 Å². The molecule has 0 aliphatic carbocycles. The highest BCUT2D eigenvalue weighted by Crippen LogP contribution is 2.24. The van der Waals surface area contributed by atoms with Gasteiger partial charge in [0.2, 0.25) is 0 Å². The fourth-order valence-electron chi connectivity index (χ4n) is 2.04. The zero-order valence-electron chi connectivity index (χ0n) is 12.5. The number of allylic oxidation sites excluding steroid dienone is 1. The van der Waals surface area contributed by atoms with Crippen molar-refractivity contribution in [2.24, 2.45) is 0 Å². The lowest BCUT2D eigenvalue weighted by molar-refractivity contribution is 0.587. The molecule has 0 bridgehead atoms. The molecule has 0 heterocycles. The lowest BCUT2D eigenvalue weighted by Crippen LogP contribution is -2.18. The molecule has 0 amide bonds. The van der Waals surface area contributed by atoms with Gasteiger partial charge in [-0.2, -0.15) is 0 Å². The first kappa shape index (κ1) is 14.8. The van der Waals surface area contributed by atoms with E-state index in [9.17, 15) is 0 Å². The van der Waals surface area contributed by atoms with E-state index >= 15 is 0 Å². The third-order valence-electron chi connectivity index (χ3n) is 3.25. The van der Waals surface area contributed by atoms with Gasteiger partial charge in [0.05, 0.1) is 0 Å². The van der Waals surface area contributed by atoms with Gasteiger partial charge in [-0.15, -0.1) is 0 Å². The molecular formula is C17H27N. The third kappa shape index (κ3) is 4.21. The third-order valence-corrected chi connectivity index (χ3v) is 3.25. The molecule has 1 rings (SSSR count). The van der Waals surface area contributed by atoms with E-state index in [0.717, 1.165) is 18.5 Å². The number of hydrogen-bond donors (Lipinski definition) is 1. The van der Waals surface area contributed by atoms with Crippen LogP contribution in [0.1, 0.15) is 64.6 Å². The summed E-state index contributed by atoms with van der Waals surface area (Å²) in [6.07, 6.45) is 2.19. The Labute approximate surface area is 112 Å². The fraction of sp³-hybridized carbons (Fsp3) is 0.529. The lowest BCUT2D eigenvalue weighted by atomic mass is 9.86. The van der Waals surface area contributed by atoms with E-state index in [1.165, 1.54) is 11.1 Å². The Kier molecular flexibility index (Phi) is 5.01. The summed E-state index contributed by atoms with van der Waals surface area (Å²) in [7, 11) is 0. The highest BCUT2D eigenvalue weighted by Gasteiger charge is 2.14. The summed E-state index contributed by atoms with van der Waals surface area (Å²) in [6.45, 7) is 15.1. The number of benzene rings is 1. The maximum Gasteiger partial charge on any atom is 0.0482 e. The molecule has 0 aromatic heterocycles. The summed E-state index contributed by atoms with van der Waals surface area (Å²) >= 11 is 0. The molecule has 0 aliphatic rings. The molecule has 100 valence electrons. The molecule has 0 saturated carbocycles. The second-order valence-corrected chi connectivity index (χ2v) is 6.09. The van der Waals surface area contributed by atoms with Crippen LogP contribution in [0.2, 0.25) is 0 Å². The maximum atomic E-state index is 4.06. The van der Waals surface area contributed by atoms with Gasteiger partial charge < -0.3 is 5.32 Å². The molecule has 0 spiro atoms. The van der Waals surface area contributed by atoms with E-state index in [0.29, 0.717) is 6.04 Å². The topological polar surface area (TPSA) is 12.0 Å². The van der Waals surface area contributed by atoms with Crippen molar-refractivity contribution in [3.63, 3.8) is 0 Å². The molecule has 1 nitrogen and oxygen atoms in total. The summed E-state index contributed by atoms with van der Waals surface area (Å²) in [5.74, 6) is 0. The van der Waals surface area contributed by atoms with E-state index in [1.807, 2.05) is 0 Å². The molecule has 1 unspecified atom stereocenters. The molecule has 1 N–H and O–H groups in total. The summed E-state index contributed by atoms with van der Waals surface area (Å²) < 4.78 is 0. The van der Waals surface area contributed by atoms with Gasteiger partial charge in [0.15, 0.2) is 0 Å². The van der Waals surface area contributed by atoms with Crippen molar-refractivity contribution in [3.05, 3.63) is 47.7 Å². The lowest BCUT2D eigenvalue weighted by Gasteiger charge is -2.21. The molecule has 0 saturated heterocycles. The number of hydrogen-bond acceptors (Lipinski definition) is 1. The van der Waals surface area contributed by atoms with Crippen LogP contribution < -0.4 is 5.32 Å². The number of nitrogens with one attached hydrogen (secondary N) is 1. The summed E-state index contributed by atoms with van der Waals surface area (Å²) in [4.78, 5) is 0. The van der Waals surface area contributed by atoms with Crippen LogP contribution in [0.5, 0.6) is 0 Å². The van der Waals surface area contributed by atoms with Gasteiger partial charge >= 0.3 is 0 Å². The Morgan fingerprint density at radius 1 is 1.22 bits per heavy atom. The molecule has 1 aromatic carbocycles. The van der Waals surface area contributed by atoms with Crippen molar-refractivity contribution in [2.75, 3.05) is 0 Å². The molecule has 18 heavy (non-hydrogen) atoms. The van der Waals surface area contributed by atoms with E-state index in [4.69, 9.17) is 0 Å². The van der Waals surface area contributed by atoms with Crippen molar-refractivity contribution >= 4 is 0 Å². The van der Waals surface area contributed by atoms with E-state index < -0.39 is 0 Å². The van der Waals surface area contributed by atoms with Gasteiger partial charge in [-0.3, -0.25) is 0 Å². The van der Waals surface area contributed by atoms with E-state index in [2.05, 4.69) is 70.8 Å². The predicted octanol–water partition coefficient (Wildman–Crippen LogP) is 4.95. The van der Waals surface area contributed by atoms with Crippen molar-refractivity contribution < 1.29 is 0 Å². The second kappa shape index (κ2) is 6.08. The first-order chi connectivity index (χ1) is 8.34. The molecule has 0 fully saturated rings. The minimum absolute atomic E-state index is 0.223. The highest BCUT2D eigenvalue weighted by atomic mass is 14.9. The second-order valence-electron chi connectivity index (χ2n) is 6.09. The van der Waals surface area contributed by atoms with Crippen LogP contribution in [0, 0.1) is 0 Å². The first-order valence-electron chi connectivity index (χ1n) is 6.89. The average molecular weight is 245 g/mol. The monoisotopic (exact) mass is 245 g/mol. The highest BCUT2D eigenvalue weighted by molar-refractivity contribution is 5.29. The zero-order chi connectivity index (χ0) is 13.8. The normalized spacial score (nSPS) is 13.2. The van der Waals surface area contributed by atoms with Crippen molar-refractivity contribution in [1.82, 2.24) is 5.32 Å². The largest absolute Gasteiger partial charge is 0.382 e. The van der Waals surface area contributed by atoms with E-state index in [1.54, 1.807) is 0 Å². The quantitative estimate of drug-likeness (QED) is 0.774. The molecular weight excluding hydrogens is 218 g/mol.